The van der Waals surface area contributed by atoms with Gasteiger partial charge in [-0.25, -0.2) is 13.1 Å². The van der Waals surface area contributed by atoms with Crippen LogP contribution in [0.25, 0.3) is 0 Å². The SMILES string of the molecule is CC1OCCC1NS(=O)(=O)c1cc(N)ccc1Br. The van der Waals surface area contributed by atoms with Gasteiger partial charge >= 0.3 is 0 Å². The summed E-state index contributed by atoms with van der Waals surface area (Å²) < 4.78 is 33.0. The summed E-state index contributed by atoms with van der Waals surface area (Å²) in [6.07, 6.45) is 0.569. The molecule has 5 nitrogen and oxygen atoms in total. The Bertz CT molecular complexity index is 547. The zero-order chi connectivity index (χ0) is 13.3. The highest BCUT2D eigenvalue weighted by molar-refractivity contribution is 9.10. The minimum absolute atomic E-state index is 0.111. The van der Waals surface area contributed by atoms with Crippen LogP contribution in [-0.2, 0) is 14.8 Å². The molecule has 0 bridgehead atoms. The monoisotopic (exact) mass is 334 g/mol. The van der Waals surface area contributed by atoms with Crippen molar-refractivity contribution in [2.75, 3.05) is 12.3 Å². The standard InChI is InChI=1S/C11H15BrN2O3S/c1-7-10(4-5-17-7)14-18(15,16)11-6-8(13)2-3-9(11)12/h2-3,6-7,10,14H,4-5,13H2,1H3. The van der Waals surface area contributed by atoms with E-state index in [2.05, 4.69) is 20.7 Å². The van der Waals surface area contributed by atoms with Crippen molar-refractivity contribution in [3.63, 3.8) is 0 Å². The van der Waals surface area contributed by atoms with Crippen molar-refractivity contribution in [2.45, 2.75) is 30.4 Å². The number of ether oxygens (including phenoxy) is 1. The maximum atomic E-state index is 12.3. The fourth-order valence-corrected chi connectivity index (χ4v) is 4.21. The zero-order valence-corrected chi connectivity index (χ0v) is 12.3. The van der Waals surface area contributed by atoms with Crippen molar-refractivity contribution in [3.8, 4) is 0 Å². The van der Waals surface area contributed by atoms with E-state index in [9.17, 15) is 8.42 Å². The highest BCUT2D eigenvalue weighted by Gasteiger charge is 2.30. The molecule has 1 aromatic carbocycles. The Morgan fingerprint density at radius 1 is 1.50 bits per heavy atom. The number of benzene rings is 1. The Morgan fingerprint density at radius 3 is 2.83 bits per heavy atom. The topological polar surface area (TPSA) is 81.4 Å². The summed E-state index contributed by atoms with van der Waals surface area (Å²) in [5, 5.41) is 0. The lowest BCUT2D eigenvalue weighted by Crippen LogP contribution is -2.39. The van der Waals surface area contributed by atoms with Crippen molar-refractivity contribution in [1.82, 2.24) is 4.72 Å². The van der Waals surface area contributed by atoms with Crippen LogP contribution in [0.1, 0.15) is 13.3 Å². The third-order valence-electron chi connectivity index (χ3n) is 2.93. The normalized spacial score (nSPS) is 24.3. The van der Waals surface area contributed by atoms with Crippen LogP contribution in [0, 0.1) is 0 Å². The lowest BCUT2D eigenvalue weighted by molar-refractivity contribution is 0.117. The number of nitrogens with one attached hydrogen (secondary N) is 1. The largest absolute Gasteiger partial charge is 0.399 e. The van der Waals surface area contributed by atoms with Crippen LogP contribution in [0.2, 0.25) is 0 Å². The van der Waals surface area contributed by atoms with Gasteiger partial charge in [-0.1, -0.05) is 0 Å². The van der Waals surface area contributed by atoms with Crippen molar-refractivity contribution >= 4 is 31.6 Å². The third-order valence-corrected chi connectivity index (χ3v) is 5.41. The molecule has 2 atom stereocenters. The van der Waals surface area contributed by atoms with Crippen LogP contribution in [-0.4, -0.2) is 27.2 Å². The average Bonchev–Trinajstić information content (AvgIpc) is 2.67. The van der Waals surface area contributed by atoms with Gasteiger partial charge in [-0.2, -0.15) is 0 Å². The Balaban J connectivity index is 2.28. The Hall–Kier alpha value is -0.630. The molecule has 0 saturated carbocycles. The van der Waals surface area contributed by atoms with Gasteiger partial charge in [-0.05, 0) is 47.5 Å². The molecule has 1 aliphatic rings. The van der Waals surface area contributed by atoms with Gasteiger partial charge in [0.2, 0.25) is 10.0 Å². The first-order chi connectivity index (χ1) is 8.40. The number of nitrogen functional groups attached to an aromatic ring is 1. The second-order valence-corrected chi connectivity index (χ2v) is 6.82. The molecular weight excluding hydrogens is 320 g/mol. The second kappa shape index (κ2) is 5.16. The van der Waals surface area contributed by atoms with E-state index in [1.54, 1.807) is 12.1 Å². The molecular formula is C11H15BrN2O3S. The maximum Gasteiger partial charge on any atom is 0.242 e. The number of hydrogen-bond acceptors (Lipinski definition) is 4. The molecule has 7 heteroatoms. The first kappa shape index (κ1) is 13.8. The van der Waals surface area contributed by atoms with Crippen LogP contribution in [0.5, 0.6) is 0 Å². The van der Waals surface area contributed by atoms with E-state index in [0.717, 1.165) is 0 Å². The Kier molecular flexibility index (Phi) is 3.96. The first-order valence-electron chi connectivity index (χ1n) is 5.59. The number of sulfonamides is 1. The van der Waals surface area contributed by atoms with E-state index in [1.165, 1.54) is 6.07 Å². The molecule has 1 fully saturated rings. The number of halogens is 1. The van der Waals surface area contributed by atoms with Gasteiger partial charge in [-0.15, -0.1) is 0 Å². The summed E-state index contributed by atoms with van der Waals surface area (Å²) >= 11 is 3.22. The third kappa shape index (κ3) is 2.85. The van der Waals surface area contributed by atoms with Crippen LogP contribution in [0.3, 0.4) is 0 Å². The predicted molar refractivity (Wildman–Crippen MR) is 72.7 cm³/mol. The maximum absolute atomic E-state index is 12.3. The predicted octanol–water partition coefficient (Wildman–Crippen LogP) is 1.49. The number of hydrogen-bond donors (Lipinski definition) is 2. The molecule has 0 aromatic heterocycles. The molecule has 100 valence electrons. The van der Waals surface area contributed by atoms with Crippen LogP contribution in [0.15, 0.2) is 27.6 Å². The van der Waals surface area contributed by atoms with Crippen LogP contribution < -0.4 is 10.5 Å². The Labute approximate surface area is 115 Å². The van der Waals surface area contributed by atoms with E-state index in [4.69, 9.17) is 10.5 Å². The lowest BCUT2D eigenvalue weighted by Gasteiger charge is -2.17. The summed E-state index contributed by atoms with van der Waals surface area (Å²) in [6.45, 7) is 2.43. The summed E-state index contributed by atoms with van der Waals surface area (Å²) in [5.74, 6) is 0. The molecule has 18 heavy (non-hydrogen) atoms. The minimum atomic E-state index is -3.59. The quantitative estimate of drug-likeness (QED) is 0.820. The first-order valence-corrected chi connectivity index (χ1v) is 7.87. The smallest absolute Gasteiger partial charge is 0.242 e. The highest BCUT2D eigenvalue weighted by atomic mass is 79.9. The van der Waals surface area contributed by atoms with Gasteiger partial charge in [0.25, 0.3) is 0 Å². The van der Waals surface area contributed by atoms with E-state index in [-0.39, 0.29) is 17.0 Å². The summed E-state index contributed by atoms with van der Waals surface area (Å²) in [4.78, 5) is 0.154. The van der Waals surface area contributed by atoms with Crippen molar-refractivity contribution in [3.05, 3.63) is 22.7 Å². The van der Waals surface area contributed by atoms with Crippen molar-refractivity contribution in [1.29, 1.82) is 0 Å². The van der Waals surface area contributed by atoms with Gasteiger partial charge in [0.1, 0.15) is 0 Å². The van der Waals surface area contributed by atoms with Crippen LogP contribution >= 0.6 is 15.9 Å². The minimum Gasteiger partial charge on any atom is -0.399 e. The van der Waals surface area contributed by atoms with Crippen molar-refractivity contribution < 1.29 is 13.2 Å². The van der Waals surface area contributed by atoms with Crippen LogP contribution in [0.4, 0.5) is 5.69 Å². The molecule has 0 radical (unpaired) electrons. The van der Waals surface area contributed by atoms with Gasteiger partial charge in [-0.3, -0.25) is 0 Å². The van der Waals surface area contributed by atoms with E-state index >= 15 is 0 Å². The highest BCUT2D eigenvalue weighted by Crippen LogP contribution is 2.25. The number of anilines is 1. The molecule has 1 aromatic rings. The molecule has 0 amide bonds. The average molecular weight is 335 g/mol. The second-order valence-electron chi connectivity index (χ2n) is 4.28. The van der Waals surface area contributed by atoms with Gasteiger partial charge in [0.05, 0.1) is 17.0 Å². The molecule has 0 aliphatic carbocycles. The molecule has 2 rings (SSSR count). The molecule has 3 N–H and O–H groups in total. The molecule has 1 heterocycles. The fraction of sp³-hybridized carbons (Fsp3) is 0.455. The van der Waals surface area contributed by atoms with Gasteiger partial charge in [0.15, 0.2) is 0 Å². The van der Waals surface area contributed by atoms with Gasteiger partial charge < -0.3 is 10.5 Å². The number of nitrogens with two attached hydrogens (primary N) is 1. The van der Waals surface area contributed by atoms with Crippen molar-refractivity contribution in [2.24, 2.45) is 0 Å². The summed E-state index contributed by atoms with van der Waals surface area (Å²) in [5.41, 5.74) is 6.03. The van der Waals surface area contributed by atoms with Gasteiger partial charge in [0, 0.05) is 16.8 Å². The fourth-order valence-electron chi connectivity index (χ4n) is 1.88. The van der Waals surface area contributed by atoms with E-state index in [1.807, 2.05) is 6.92 Å². The Morgan fingerprint density at radius 2 is 2.22 bits per heavy atom. The molecule has 1 aliphatic heterocycles. The molecule has 0 spiro atoms. The number of rotatable bonds is 3. The summed E-state index contributed by atoms with van der Waals surface area (Å²) in [7, 11) is -3.59. The summed E-state index contributed by atoms with van der Waals surface area (Å²) in [6, 6.07) is 4.51. The molecule has 2 unspecified atom stereocenters. The van der Waals surface area contributed by atoms with E-state index in [0.29, 0.717) is 23.2 Å². The van der Waals surface area contributed by atoms with E-state index < -0.39 is 10.0 Å². The molecule has 1 saturated heterocycles. The zero-order valence-electron chi connectivity index (χ0n) is 9.89. The lowest BCUT2D eigenvalue weighted by atomic mass is 10.2.